The van der Waals surface area contributed by atoms with Crippen molar-refractivity contribution in [2.75, 3.05) is 6.26 Å². The van der Waals surface area contributed by atoms with Crippen molar-refractivity contribution >= 4 is 26.5 Å². The van der Waals surface area contributed by atoms with E-state index in [2.05, 4.69) is 9.63 Å². The summed E-state index contributed by atoms with van der Waals surface area (Å²) in [6.07, 6.45) is 1.01. The quantitative estimate of drug-likeness (QED) is 0.750. The minimum atomic E-state index is -3.42. The molecule has 0 aromatic heterocycles. The molecule has 2 aromatic carbocycles. The Morgan fingerprint density at radius 1 is 1.00 bits per heavy atom. The van der Waals surface area contributed by atoms with Crippen molar-refractivity contribution in [2.45, 2.75) is 0 Å². The van der Waals surface area contributed by atoms with Crippen LogP contribution in [-0.4, -0.2) is 14.7 Å². The predicted molar refractivity (Wildman–Crippen MR) is 63.3 cm³/mol. The maximum Gasteiger partial charge on any atom is 0.267 e. The molecule has 0 aliphatic carbocycles. The first kappa shape index (κ1) is 10.8. The zero-order valence-corrected chi connectivity index (χ0v) is 9.48. The summed E-state index contributed by atoms with van der Waals surface area (Å²) in [7, 11) is -3.42. The molecular weight excluding hydrogens is 224 g/mol. The second-order valence-corrected chi connectivity index (χ2v) is 5.08. The lowest BCUT2D eigenvalue weighted by atomic mass is 10.1. The predicted octanol–water partition coefficient (Wildman–Crippen LogP) is 2.88. The standard InChI is InChI=1S/C11H10N2O2S/c1-16(14,15)13-12-11-7-6-9-4-2-3-5-10(9)8-11/h2-8H,1H3. The van der Waals surface area contributed by atoms with Gasteiger partial charge < -0.3 is 0 Å². The van der Waals surface area contributed by atoms with Gasteiger partial charge in [0.05, 0.1) is 11.9 Å². The van der Waals surface area contributed by atoms with Gasteiger partial charge in [-0.1, -0.05) is 34.9 Å². The molecule has 0 saturated carbocycles. The fraction of sp³-hybridized carbons (Fsp3) is 0.0909. The highest BCUT2D eigenvalue weighted by Crippen LogP contribution is 2.21. The average molecular weight is 234 g/mol. The monoisotopic (exact) mass is 234 g/mol. The molecule has 0 N–H and O–H groups in total. The first-order valence-electron chi connectivity index (χ1n) is 4.66. The molecule has 0 fully saturated rings. The van der Waals surface area contributed by atoms with Crippen LogP contribution in [0.25, 0.3) is 10.8 Å². The lowest BCUT2D eigenvalue weighted by molar-refractivity contribution is 0.601. The summed E-state index contributed by atoms with van der Waals surface area (Å²) in [4.78, 5) is 0. The third-order valence-corrected chi connectivity index (χ3v) is 2.42. The Hall–Kier alpha value is -1.75. The number of rotatable bonds is 2. The molecule has 0 unspecified atom stereocenters. The van der Waals surface area contributed by atoms with Crippen molar-refractivity contribution in [1.29, 1.82) is 0 Å². The molecule has 0 atom stereocenters. The SMILES string of the molecule is CS(=O)(=O)N=Nc1ccc2ccccc2c1. The number of benzene rings is 2. The molecule has 82 valence electrons. The molecule has 0 aliphatic heterocycles. The molecule has 0 saturated heterocycles. The van der Waals surface area contributed by atoms with E-state index in [9.17, 15) is 8.42 Å². The summed E-state index contributed by atoms with van der Waals surface area (Å²) in [6, 6.07) is 13.2. The lowest BCUT2D eigenvalue weighted by Crippen LogP contribution is -1.86. The van der Waals surface area contributed by atoms with E-state index in [1.165, 1.54) is 0 Å². The molecule has 0 amide bonds. The van der Waals surface area contributed by atoms with Gasteiger partial charge in [0.1, 0.15) is 0 Å². The van der Waals surface area contributed by atoms with Gasteiger partial charge in [0.2, 0.25) is 0 Å². The largest absolute Gasteiger partial charge is 0.267 e. The highest BCUT2D eigenvalue weighted by molar-refractivity contribution is 7.89. The van der Waals surface area contributed by atoms with Crippen molar-refractivity contribution < 1.29 is 8.42 Å². The topological polar surface area (TPSA) is 58.9 Å². The van der Waals surface area contributed by atoms with Crippen molar-refractivity contribution in [3.8, 4) is 0 Å². The number of hydrogen-bond acceptors (Lipinski definition) is 3. The third kappa shape index (κ3) is 2.64. The van der Waals surface area contributed by atoms with Crippen LogP contribution >= 0.6 is 0 Å². The average Bonchev–Trinajstić information content (AvgIpc) is 2.25. The minimum Gasteiger partial charge on any atom is -0.203 e. The Balaban J connectivity index is 2.44. The number of hydrogen-bond donors (Lipinski definition) is 0. The second-order valence-electron chi connectivity index (χ2n) is 3.45. The summed E-state index contributed by atoms with van der Waals surface area (Å²) < 4.78 is 24.8. The van der Waals surface area contributed by atoms with Gasteiger partial charge in [0, 0.05) is 0 Å². The zero-order chi connectivity index (χ0) is 11.6. The smallest absolute Gasteiger partial charge is 0.203 e. The normalized spacial score (nSPS) is 12.3. The summed E-state index contributed by atoms with van der Waals surface area (Å²) in [6.45, 7) is 0. The first-order chi connectivity index (χ1) is 7.54. The van der Waals surface area contributed by atoms with Crippen molar-refractivity contribution in [3.05, 3.63) is 42.5 Å². The van der Waals surface area contributed by atoms with Crippen LogP contribution in [0.3, 0.4) is 0 Å². The van der Waals surface area contributed by atoms with Crippen LogP contribution in [0.2, 0.25) is 0 Å². The third-order valence-electron chi connectivity index (χ3n) is 2.04. The Morgan fingerprint density at radius 3 is 2.38 bits per heavy atom. The van der Waals surface area contributed by atoms with Crippen LogP contribution in [0, 0.1) is 0 Å². The number of sulfonamides is 1. The fourth-order valence-corrected chi connectivity index (χ4v) is 1.60. The van der Waals surface area contributed by atoms with E-state index in [1.54, 1.807) is 12.1 Å². The molecule has 16 heavy (non-hydrogen) atoms. The molecule has 5 heteroatoms. The van der Waals surface area contributed by atoms with Gasteiger partial charge >= 0.3 is 0 Å². The van der Waals surface area contributed by atoms with Crippen molar-refractivity contribution in [1.82, 2.24) is 0 Å². The van der Waals surface area contributed by atoms with E-state index < -0.39 is 10.0 Å². The zero-order valence-electron chi connectivity index (χ0n) is 8.66. The van der Waals surface area contributed by atoms with E-state index in [1.807, 2.05) is 30.3 Å². The first-order valence-corrected chi connectivity index (χ1v) is 6.51. The number of nitrogens with zero attached hydrogens (tertiary/aromatic N) is 2. The van der Waals surface area contributed by atoms with E-state index in [0.29, 0.717) is 5.69 Å². The summed E-state index contributed by atoms with van der Waals surface area (Å²) in [5, 5.41) is 5.76. The number of fused-ring (bicyclic) bond motifs is 1. The second kappa shape index (κ2) is 4.02. The summed E-state index contributed by atoms with van der Waals surface area (Å²) >= 11 is 0. The molecule has 0 aliphatic rings. The van der Waals surface area contributed by atoms with E-state index in [0.717, 1.165) is 17.0 Å². The van der Waals surface area contributed by atoms with Crippen LogP contribution in [0.1, 0.15) is 0 Å². The Kier molecular flexibility index (Phi) is 2.70. The molecule has 4 nitrogen and oxygen atoms in total. The fourth-order valence-electron chi connectivity index (χ4n) is 1.36. The van der Waals surface area contributed by atoms with Gasteiger partial charge in [0.15, 0.2) is 0 Å². The molecule has 0 bridgehead atoms. The van der Waals surface area contributed by atoms with E-state index in [4.69, 9.17) is 0 Å². The molecule has 0 spiro atoms. The van der Waals surface area contributed by atoms with Gasteiger partial charge in [-0.15, -0.1) is 5.11 Å². The Morgan fingerprint density at radius 2 is 1.69 bits per heavy atom. The van der Waals surface area contributed by atoms with Gasteiger partial charge in [-0.05, 0) is 22.9 Å². The van der Waals surface area contributed by atoms with Gasteiger partial charge in [-0.2, -0.15) is 0 Å². The van der Waals surface area contributed by atoms with Crippen LogP contribution in [0.15, 0.2) is 52.1 Å². The summed E-state index contributed by atoms with van der Waals surface area (Å²) in [5.74, 6) is 0. The van der Waals surface area contributed by atoms with E-state index in [-0.39, 0.29) is 0 Å². The van der Waals surface area contributed by atoms with Gasteiger partial charge in [-0.3, -0.25) is 0 Å². The van der Waals surface area contributed by atoms with Crippen LogP contribution in [-0.2, 0) is 10.0 Å². The Labute approximate surface area is 93.7 Å². The molecule has 2 aromatic rings. The van der Waals surface area contributed by atoms with Crippen LogP contribution in [0.5, 0.6) is 0 Å². The maximum atomic E-state index is 10.8. The van der Waals surface area contributed by atoms with E-state index >= 15 is 0 Å². The Bertz CT molecular complexity index is 648. The minimum absolute atomic E-state index is 0.532. The summed E-state index contributed by atoms with van der Waals surface area (Å²) in [5.41, 5.74) is 0.532. The molecule has 2 rings (SSSR count). The van der Waals surface area contributed by atoms with Crippen molar-refractivity contribution in [2.24, 2.45) is 9.63 Å². The van der Waals surface area contributed by atoms with Crippen LogP contribution < -0.4 is 0 Å². The molecule has 0 radical (unpaired) electrons. The molecule has 0 heterocycles. The van der Waals surface area contributed by atoms with Crippen LogP contribution in [0.4, 0.5) is 5.69 Å². The van der Waals surface area contributed by atoms with Gasteiger partial charge in [0.25, 0.3) is 10.0 Å². The highest BCUT2D eigenvalue weighted by atomic mass is 32.2. The maximum absolute atomic E-state index is 10.8. The van der Waals surface area contributed by atoms with Gasteiger partial charge in [-0.25, -0.2) is 8.42 Å². The highest BCUT2D eigenvalue weighted by Gasteiger charge is 1.97. The lowest BCUT2D eigenvalue weighted by Gasteiger charge is -1.97. The molecular formula is C11H10N2O2S. The van der Waals surface area contributed by atoms with Crippen molar-refractivity contribution in [3.63, 3.8) is 0 Å².